The molecular formula is C7H13N3SSi. The zero-order valence-corrected chi connectivity index (χ0v) is 9.27. The van der Waals surface area contributed by atoms with Crippen LogP contribution < -0.4 is 4.57 Å². The first-order valence-electron chi connectivity index (χ1n) is 4.24. The highest BCUT2D eigenvalue weighted by Crippen LogP contribution is 2.31. The number of aromatic nitrogens is 2. The van der Waals surface area contributed by atoms with Gasteiger partial charge in [0, 0.05) is 18.1 Å². The fraction of sp³-hybridized carbons (Fsp3) is 0.714. The molecule has 0 saturated carbocycles. The topological polar surface area (TPSA) is 29.0 Å². The molecule has 1 aliphatic heterocycles. The van der Waals surface area contributed by atoms with Gasteiger partial charge in [-0.3, -0.25) is 0 Å². The van der Waals surface area contributed by atoms with E-state index in [4.69, 9.17) is 0 Å². The lowest BCUT2D eigenvalue weighted by molar-refractivity contribution is 0.976. The summed E-state index contributed by atoms with van der Waals surface area (Å²) in [5, 5.41) is 1.13. The first-order chi connectivity index (χ1) is 5.70. The molecule has 1 aromatic heterocycles. The molecule has 2 rings (SSSR count). The highest BCUT2D eigenvalue weighted by molar-refractivity contribution is 7.11. The molecule has 0 aliphatic carbocycles. The van der Waals surface area contributed by atoms with Gasteiger partial charge in [-0.05, 0) is 12.5 Å². The predicted octanol–water partition coefficient (Wildman–Crippen LogP) is 1.95. The van der Waals surface area contributed by atoms with E-state index in [0.717, 1.165) is 5.13 Å². The monoisotopic (exact) mass is 199 g/mol. The second kappa shape index (κ2) is 2.81. The Morgan fingerprint density at radius 1 is 1.58 bits per heavy atom. The third kappa shape index (κ3) is 1.27. The minimum absolute atomic E-state index is 1.13. The lowest BCUT2D eigenvalue weighted by Crippen LogP contribution is -2.43. The van der Waals surface area contributed by atoms with Crippen molar-refractivity contribution in [1.82, 2.24) is 9.36 Å². The Morgan fingerprint density at radius 2 is 2.42 bits per heavy atom. The van der Waals surface area contributed by atoms with Crippen LogP contribution in [0.25, 0.3) is 0 Å². The Hall–Kier alpha value is -0.423. The molecule has 0 unspecified atom stereocenters. The molecule has 0 spiro atoms. The molecule has 12 heavy (non-hydrogen) atoms. The second-order valence-corrected chi connectivity index (χ2v) is 9.21. The molecule has 1 saturated heterocycles. The molecule has 0 N–H and O–H groups in total. The maximum atomic E-state index is 4.26. The van der Waals surface area contributed by atoms with Gasteiger partial charge in [0.15, 0.2) is 13.4 Å². The van der Waals surface area contributed by atoms with E-state index >= 15 is 0 Å². The van der Waals surface area contributed by atoms with Gasteiger partial charge >= 0.3 is 0 Å². The van der Waals surface area contributed by atoms with Crippen LogP contribution in [0.5, 0.6) is 0 Å². The summed E-state index contributed by atoms with van der Waals surface area (Å²) in [5.41, 5.74) is 0. The first kappa shape index (κ1) is 8.19. The quantitative estimate of drug-likeness (QED) is 0.647. The van der Waals surface area contributed by atoms with Crippen molar-refractivity contribution in [3.63, 3.8) is 0 Å². The fourth-order valence-electron chi connectivity index (χ4n) is 1.75. The molecule has 2 heterocycles. The first-order valence-corrected chi connectivity index (χ1v) is 8.17. The smallest absolute Gasteiger partial charge is 0.196 e. The van der Waals surface area contributed by atoms with Gasteiger partial charge in [0.1, 0.15) is 6.33 Å². The Balaban J connectivity index is 2.25. The van der Waals surface area contributed by atoms with Crippen LogP contribution in [0.15, 0.2) is 6.33 Å². The Bertz CT molecular complexity index is 260. The molecular weight excluding hydrogens is 186 g/mol. The summed E-state index contributed by atoms with van der Waals surface area (Å²) in [5.74, 6) is 0. The van der Waals surface area contributed by atoms with Gasteiger partial charge in [-0.15, -0.1) is 0 Å². The minimum atomic E-state index is -1.13. The van der Waals surface area contributed by atoms with E-state index in [-0.39, 0.29) is 0 Å². The molecule has 1 fully saturated rings. The summed E-state index contributed by atoms with van der Waals surface area (Å²) in [7, 11) is -1.13. The van der Waals surface area contributed by atoms with E-state index in [2.05, 4.69) is 27.0 Å². The molecule has 3 nitrogen and oxygen atoms in total. The predicted molar refractivity (Wildman–Crippen MR) is 54.2 cm³/mol. The average molecular weight is 199 g/mol. The zero-order chi connectivity index (χ0) is 8.60. The molecule has 0 aromatic carbocycles. The second-order valence-electron chi connectivity index (χ2n) is 3.79. The molecule has 0 radical (unpaired) electrons. The standard InChI is InChI=1S/C7H13N3SSi/c1-12(2)5-3-4-10(12)7-8-6-9-11-7/h6H,3-5H2,1-2H3. The van der Waals surface area contributed by atoms with Gasteiger partial charge in [0.2, 0.25) is 0 Å². The summed E-state index contributed by atoms with van der Waals surface area (Å²) >= 11 is 1.52. The fourth-order valence-corrected chi connectivity index (χ4v) is 5.72. The van der Waals surface area contributed by atoms with E-state index in [0.29, 0.717) is 0 Å². The van der Waals surface area contributed by atoms with Crippen molar-refractivity contribution >= 4 is 24.9 Å². The van der Waals surface area contributed by atoms with Gasteiger partial charge in [-0.25, -0.2) is 4.98 Å². The lowest BCUT2D eigenvalue weighted by Gasteiger charge is -2.28. The highest BCUT2D eigenvalue weighted by atomic mass is 32.1. The summed E-state index contributed by atoms with van der Waals surface area (Å²) in [4.78, 5) is 4.26. The van der Waals surface area contributed by atoms with Crippen molar-refractivity contribution in [2.45, 2.75) is 25.6 Å². The van der Waals surface area contributed by atoms with Crippen LogP contribution in [0.4, 0.5) is 5.13 Å². The summed E-state index contributed by atoms with van der Waals surface area (Å²) in [6, 6.07) is 1.40. The van der Waals surface area contributed by atoms with Gasteiger partial charge in [0.05, 0.1) is 0 Å². The Kier molecular flexibility index (Phi) is 1.92. The Morgan fingerprint density at radius 3 is 2.92 bits per heavy atom. The van der Waals surface area contributed by atoms with E-state index in [1.807, 2.05) is 0 Å². The van der Waals surface area contributed by atoms with Crippen LogP contribution in [0.3, 0.4) is 0 Å². The SMILES string of the molecule is C[Si]1(C)CCCN1c1ncns1. The highest BCUT2D eigenvalue weighted by Gasteiger charge is 2.35. The van der Waals surface area contributed by atoms with E-state index < -0.39 is 8.24 Å². The van der Waals surface area contributed by atoms with Gasteiger partial charge in [0.25, 0.3) is 0 Å². The normalized spacial score (nSPS) is 21.7. The molecule has 0 bridgehead atoms. The van der Waals surface area contributed by atoms with Crippen LogP contribution in [-0.2, 0) is 0 Å². The largest absolute Gasteiger partial charge is 0.374 e. The summed E-state index contributed by atoms with van der Waals surface area (Å²) in [6.45, 7) is 6.00. The third-order valence-electron chi connectivity index (χ3n) is 2.48. The molecule has 0 atom stereocenters. The van der Waals surface area contributed by atoms with Crippen molar-refractivity contribution in [3.8, 4) is 0 Å². The maximum Gasteiger partial charge on any atom is 0.196 e. The molecule has 66 valence electrons. The van der Waals surface area contributed by atoms with E-state index in [9.17, 15) is 0 Å². The Labute approximate surface area is 77.7 Å². The van der Waals surface area contributed by atoms with Crippen LogP contribution in [0.2, 0.25) is 19.1 Å². The van der Waals surface area contributed by atoms with Crippen molar-refractivity contribution in [2.24, 2.45) is 0 Å². The van der Waals surface area contributed by atoms with Crippen molar-refractivity contribution in [3.05, 3.63) is 6.33 Å². The van der Waals surface area contributed by atoms with Gasteiger partial charge in [-0.2, -0.15) is 4.37 Å². The van der Waals surface area contributed by atoms with Crippen LogP contribution in [0.1, 0.15) is 6.42 Å². The van der Waals surface area contributed by atoms with Gasteiger partial charge in [-0.1, -0.05) is 13.1 Å². The summed E-state index contributed by atoms with van der Waals surface area (Å²) < 4.78 is 6.53. The zero-order valence-electron chi connectivity index (χ0n) is 7.45. The molecule has 5 heteroatoms. The van der Waals surface area contributed by atoms with Crippen LogP contribution in [-0.4, -0.2) is 24.1 Å². The van der Waals surface area contributed by atoms with Crippen molar-refractivity contribution in [2.75, 3.05) is 11.1 Å². The molecule has 1 aliphatic rings. The van der Waals surface area contributed by atoms with E-state index in [1.54, 1.807) is 6.33 Å². The van der Waals surface area contributed by atoms with Crippen LogP contribution in [0, 0.1) is 0 Å². The number of rotatable bonds is 1. The number of anilines is 1. The maximum absolute atomic E-state index is 4.26. The lowest BCUT2D eigenvalue weighted by atomic mass is 10.5. The molecule has 0 amide bonds. The van der Waals surface area contributed by atoms with Crippen molar-refractivity contribution < 1.29 is 0 Å². The number of hydrogen-bond donors (Lipinski definition) is 0. The van der Waals surface area contributed by atoms with Crippen LogP contribution >= 0.6 is 11.5 Å². The van der Waals surface area contributed by atoms with Crippen molar-refractivity contribution in [1.29, 1.82) is 0 Å². The van der Waals surface area contributed by atoms with Gasteiger partial charge < -0.3 is 4.57 Å². The summed E-state index contributed by atoms with van der Waals surface area (Å²) in [6.07, 6.45) is 2.99. The van der Waals surface area contributed by atoms with E-state index in [1.165, 1.54) is 30.5 Å². The number of hydrogen-bond acceptors (Lipinski definition) is 4. The third-order valence-corrected chi connectivity index (χ3v) is 6.81. The number of nitrogens with zero attached hydrogens (tertiary/aromatic N) is 3. The minimum Gasteiger partial charge on any atom is -0.374 e. The average Bonchev–Trinajstić information content (AvgIpc) is 2.55. The molecule has 1 aromatic rings.